The van der Waals surface area contributed by atoms with Crippen LogP contribution in [0.15, 0.2) is 48.5 Å². The number of nitrogens with one attached hydrogen (secondary N) is 3. The molecule has 5 heteroatoms. The molecule has 0 radical (unpaired) electrons. The first kappa shape index (κ1) is 16.6. The summed E-state index contributed by atoms with van der Waals surface area (Å²) in [4.78, 5) is 24.3. The highest BCUT2D eigenvalue weighted by atomic mass is 16.2. The number of benzene rings is 2. The molecule has 2 aliphatic carbocycles. The highest BCUT2D eigenvalue weighted by molar-refractivity contribution is 5.89. The van der Waals surface area contributed by atoms with Gasteiger partial charge in [0.1, 0.15) is 0 Å². The Hall–Kier alpha value is -2.82. The van der Waals surface area contributed by atoms with E-state index in [4.69, 9.17) is 0 Å². The fraction of sp³-hybridized carbons (Fsp3) is 0.333. The van der Waals surface area contributed by atoms with Gasteiger partial charge in [0, 0.05) is 11.7 Å². The average Bonchev–Trinajstić information content (AvgIpc) is 3.40. The predicted octanol–water partition coefficient (Wildman–Crippen LogP) is 3.49. The van der Waals surface area contributed by atoms with E-state index in [1.807, 2.05) is 49.4 Å². The molecule has 26 heavy (non-hydrogen) atoms. The quantitative estimate of drug-likeness (QED) is 0.773. The summed E-state index contributed by atoms with van der Waals surface area (Å²) >= 11 is 0. The molecule has 2 aromatic carbocycles. The number of hydrogen-bond acceptors (Lipinski definition) is 2. The fourth-order valence-corrected chi connectivity index (χ4v) is 3.33. The van der Waals surface area contributed by atoms with Crippen molar-refractivity contribution in [3.8, 4) is 0 Å². The van der Waals surface area contributed by atoms with Crippen molar-refractivity contribution in [2.75, 3.05) is 5.32 Å². The van der Waals surface area contributed by atoms with E-state index in [9.17, 15) is 9.59 Å². The Kier molecular flexibility index (Phi) is 4.37. The van der Waals surface area contributed by atoms with Crippen molar-refractivity contribution in [3.05, 3.63) is 65.2 Å². The second-order valence-electron chi connectivity index (χ2n) is 7.18. The molecule has 5 nitrogen and oxygen atoms in total. The third-order valence-electron chi connectivity index (χ3n) is 5.11. The molecule has 0 aromatic heterocycles. The molecule has 0 unspecified atom stereocenters. The molecule has 0 saturated heterocycles. The SMILES string of the molecule is C[C@H](NC(=O)[C@@H]1Cc2ccccc21)c1ccc(NC(=O)NC2CC2)cc1. The van der Waals surface area contributed by atoms with Gasteiger partial charge in [-0.05, 0) is 55.0 Å². The van der Waals surface area contributed by atoms with E-state index in [0.29, 0.717) is 6.04 Å². The normalized spacial score (nSPS) is 18.9. The Labute approximate surface area is 153 Å². The average molecular weight is 349 g/mol. The third kappa shape index (κ3) is 3.57. The minimum atomic E-state index is -0.162. The summed E-state index contributed by atoms with van der Waals surface area (Å²) in [5.74, 6) is 0.0305. The molecule has 2 atom stereocenters. The van der Waals surface area contributed by atoms with E-state index in [1.54, 1.807) is 0 Å². The van der Waals surface area contributed by atoms with Crippen molar-refractivity contribution < 1.29 is 9.59 Å². The fourth-order valence-electron chi connectivity index (χ4n) is 3.33. The van der Waals surface area contributed by atoms with Crippen LogP contribution in [0.2, 0.25) is 0 Å². The van der Waals surface area contributed by atoms with E-state index in [1.165, 1.54) is 5.56 Å². The largest absolute Gasteiger partial charge is 0.349 e. The molecule has 2 aliphatic rings. The number of rotatable bonds is 5. The number of hydrogen-bond donors (Lipinski definition) is 3. The summed E-state index contributed by atoms with van der Waals surface area (Å²) in [6.07, 6.45) is 2.94. The molecule has 1 saturated carbocycles. The van der Waals surface area contributed by atoms with E-state index in [-0.39, 0.29) is 23.9 Å². The zero-order valence-corrected chi connectivity index (χ0v) is 14.8. The number of amides is 3. The minimum Gasteiger partial charge on any atom is -0.349 e. The van der Waals surface area contributed by atoms with Crippen LogP contribution in [-0.4, -0.2) is 18.0 Å². The molecule has 2 aromatic rings. The van der Waals surface area contributed by atoms with Gasteiger partial charge in [0.25, 0.3) is 0 Å². The van der Waals surface area contributed by atoms with Crippen LogP contribution in [-0.2, 0) is 11.2 Å². The Morgan fingerprint density at radius 1 is 1.04 bits per heavy atom. The molecule has 0 spiro atoms. The Bertz CT molecular complexity index is 827. The molecule has 134 valence electrons. The molecule has 3 N–H and O–H groups in total. The third-order valence-corrected chi connectivity index (χ3v) is 5.11. The van der Waals surface area contributed by atoms with Crippen molar-refractivity contribution in [1.29, 1.82) is 0 Å². The Morgan fingerprint density at radius 2 is 1.77 bits per heavy atom. The van der Waals surface area contributed by atoms with Crippen LogP contribution in [0.1, 0.15) is 48.4 Å². The van der Waals surface area contributed by atoms with Crippen LogP contribution in [0.3, 0.4) is 0 Å². The zero-order valence-electron chi connectivity index (χ0n) is 14.8. The number of carbonyl (C=O) groups is 2. The van der Waals surface area contributed by atoms with Gasteiger partial charge in [-0.15, -0.1) is 0 Å². The van der Waals surface area contributed by atoms with E-state index in [2.05, 4.69) is 22.0 Å². The number of anilines is 1. The lowest BCUT2D eigenvalue weighted by atomic mass is 9.77. The van der Waals surface area contributed by atoms with Crippen LogP contribution in [0.25, 0.3) is 0 Å². The van der Waals surface area contributed by atoms with Gasteiger partial charge in [0.15, 0.2) is 0 Å². The maximum Gasteiger partial charge on any atom is 0.319 e. The van der Waals surface area contributed by atoms with Gasteiger partial charge in [-0.2, -0.15) is 0 Å². The first-order chi connectivity index (χ1) is 12.6. The predicted molar refractivity (Wildman–Crippen MR) is 101 cm³/mol. The molecular weight excluding hydrogens is 326 g/mol. The van der Waals surface area contributed by atoms with Gasteiger partial charge in [0.2, 0.25) is 5.91 Å². The molecule has 4 rings (SSSR count). The minimum absolute atomic E-state index is 0.0410. The molecule has 3 amide bonds. The molecule has 1 fully saturated rings. The Balaban J connectivity index is 1.32. The first-order valence-corrected chi connectivity index (χ1v) is 9.16. The van der Waals surface area contributed by atoms with E-state index < -0.39 is 0 Å². The zero-order chi connectivity index (χ0) is 18.1. The smallest absolute Gasteiger partial charge is 0.319 e. The van der Waals surface area contributed by atoms with E-state index >= 15 is 0 Å². The summed E-state index contributed by atoms with van der Waals surface area (Å²) in [6.45, 7) is 1.98. The van der Waals surface area contributed by atoms with Gasteiger partial charge in [-0.25, -0.2) is 4.79 Å². The maximum atomic E-state index is 12.5. The van der Waals surface area contributed by atoms with Crippen LogP contribution in [0.5, 0.6) is 0 Å². The van der Waals surface area contributed by atoms with Gasteiger partial charge in [0.05, 0.1) is 12.0 Å². The molecular formula is C21H23N3O2. The molecule has 0 aliphatic heterocycles. The second-order valence-corrected chi connectivity index (χ2v) is 7.18. The Morgan fingerprint density at radius 3 is 2.46 bits per heavy atom. The van der Waals surface area contributed by atoms with Gasteiger partial charge in [-0.1, -0.05) is 36.4 Å². The summed E-state index contributed by atoms with van der Waals surface area (Å²) in [7, 11) is 0. The highest BCUT2D eigenvalue weighted by Crippen LogP contribution is 2.35. The highest BCUT2D eigenvalue weighted by Gasteiger charge is 2.32. The summed E-state index contributed by atoms with van der Waals surface area (Å²) in [5.41, 5.74) is 4.16. The van der Waals surface area contributed by atoms with Crippen molar-refractivity contribution in [2.24, 2.45) is 0 Å². The lowest BCUT2D eigenvalue weighted by Gasteiger charge is -2.30. The van der Waals surface area contributed by atoms with Gasteiger partial charge in [-0.3, -0.25) is 4.79 Å². The van der Waals surface area contributed by atoms with Crippen LogP contribution >= 0.6 is 0 Å². The standard InChI is InChI=1S/C21H23N3O2/c1-13(22-20(25)19-12-15-4-2-3-5-18(15)19)14-6-8-16(9-7-14)23-21(26)24-17-10-11-17/h2-9,13,17,19H,10-12H2,1H3,(H,22,25)(H2,23,24,26)/t13-,19+/m0/s1. The van der Waals surface area contributed by atoms with Gasteiger partial charge >= 0.3 is 6.03 Å². The monoisotopic (exact) mass is 349 g/mol. The van der Waals surface area contributed by atoms with E-state index in [0.717, 1.165) is 36.1 Å². The lowest BCUT2D eigenvalue weighted by molar-refractivity contribution is -0.123. The van der Waals surface area contributed by atoms with Gasteiger partial charge < -0.3 is 16.0 Å². The van der Waals surface area contributed by atoms with Crippen LogP contribution in [0.4, 0.5) is 10.5 Å². The maximum absolute atomic E-state index is 12.5. The summed E-state index contributed by atoms with van der Waals surface area (Å²) in [6, 6.07) is 15.8. The molecule has 0 bridgehead atoms. The number of carbonyl (C=O) groups excluding carboxylic acids is 2. The summed E-state index contributed by atoms with van der Waals surface area (Å²) in [5, 5.41) is 8.82. The van der Waals surface area contributed by atoms with Crippen LogP contribution < -0.4 is 16.0 Å². The lowest BCUT2D eigenvalue weighted by Crippen LogP contribution is -2.36. The van der Waals surface area contributed by atoms with Crippen molar-refractivity contribution in [1.82, 2.24) is 10.6 Å². The number of fused-ring (bicyclic) bond motifs is 1. The number of urea groups is 1. The second kappa shape index (κ2) is 6.83. The summed E-state index contributed by atoms with van der Waals surface area (Å²) < 4.78 is 0. The first-order valence-electron chi connectivity index (χ1n) is 9.16. The van der Waals surface area contributed by atoms with Crippen LogP contribution in [0, 0.1) is 0 Å². The van der Waals surface area contributed by atoms with Crippen molar-refractivity contribution in [2.45, 2.75) is 44.2 Å². The van der Waals surface area contributed by atoms with Crippen molar-refractivity contribution >= 4 is 17.6 Å². The van der Waals surface area contributed by atoms with Crippen molar-refractivity contribution in [3.63, 3.8) is 0 Å². The topological polar surface area (TPSA) is 70.2 Å². The molecule has 0 heterocycles.